The molecular formula is C14H27N3. The van der Waals surface area contributed by atoms with Crippen molar-refractivity contribution in [2.75, 3.05) is 39.3 Å². The lowest BCUT2D eigenvalue weighted by atomic mass is 9.95. The van der Waals surface area contributed by atoms with Crippen molar-refractivity contribution in [1.82, 2.24) is 15.1 Å². The number of rotatable bonds is 2. The standard InChI is InChI=1S/C14H27N3/c1-3-16-6-4-13(5-7-16)17-10-12-8-15-9-14(12)11(17)2/h11-15H,3-10H2,1-2H3. The molecule has 0 bridgehead atoms. The SMILES string of the molecule is CCN1CCC(N2CC3CNCC3C2C)CC1. The van der Waals surface area contributed by atoms with Crippen LogP contribution in [0.4, 0.5) is 0 Å². The summed E-state index contributed by atoms with van der Waals surface area (Å²) >= 11 is 0. The van der Waals surface area contributed by atoms with Crippen molar-refractivity contribution >= 4 is 0 Å². The van der Waals surface area contributed by atoms with E-state index in [-0.39, 0.29) is 0 Å². The summed E-state index contributed by atoms with van der Waals surface area (Å²) in [4.78, 5) is 5.43. The summed E-state index contributed by atoms with van der Waals surface area (Å²) in [5, 5.41) is 3.56. The van der Waals surface area contributed by atoms with E-state index in [0.29, 0.717) is 0 Å². The highest BCUT2D eigenvalue weighted by Crippen LogP contribution is 2.35. The summed E-state index contributed by atoms with van der Waals surface area (Å²) in [6.07, 6.45) is 2.79. The fourth-order valence-corrected chi connectivity index (χ4v) is 4.25. The zero-order chi connectivity index (χ0) is 11.8. The van der Waals surface area contributed by atoms with E-state index in [1.54, 1.807) is 0 Å². The predicted octanol–water partition coefficient (Wildman–Crippen LogP) is 1.01. The predicted molar refractivity (Wildman–Crippen MR) is 71.2 cm³/mol. The number of nitrogens with zero attached hydrogens (tertiary/aromatic N) is 2. The molecule has 3 heteroatoms. The minimum Gasteiger partial charge on any atom is -0.316 e. The van der Waals surface area contributed by atoms with Crippen LogP contribution in [0.25, 0.3) is 0 Å². The lowest BCUT2D eigenvalue weighted by molar-refractivity contribution is 0.0972. The van der Waals surface area contributed by atoms with Gasteiger partial charge in [-0.05, 0) is 64.3 Å². The molecule has 3 aliphatic rings. The van der Waals surface area contributed by atoms with Crippen molar-refractivity contribution in [3.05, 3.63) is 0 Å². The highest BCUT2D eigenvalue weighted by Gasteiger charge is 2.44. The Morgan fingerprint density at radius 2 is 1.94 bits per heavy atom. The van der Waals surface area contributed by atoms with E-state index in [9.17, 15) is 0 Å². The van der Waals surface area contributed by atoms with E-state index in [1.165, 1.54) is 52.1 Å². The van der Waals surface area contributed by atoms with Gasteiger partial charge in [0.2, 0.25) is 0 Å². The summed E-state index contributed by atoms with van der Waals surface area (Å²) in [6, 6.07) is 1.69. The molecule has 0 aromatic heterocycles. The van der Waals surface area contributed by atoms with Gasteiger partial charge < -0.3 is 10.2 Å². The molecule has 3 heterocycles. The zero-order valence-electron chi connectivity index (χ0n) is 11.4. The lowest BCUT2D eigenvalue weighted by Crippen LogP contribution is -2.47. The van der Waals surface area contributed by atoms with Gasteiger partial charge in [-0.3, -0.25) is 4.90 Å². The van der Waals surface area contributed by atoms with Crippen LogP contribution in [0.1, 0.15) is 26.7 Å². The quantitative estimate of drug-likeness (QED) is 0.773. The van der Waals surface area contributed by atoms with Crippen LogP contribution in [0.15, 0.2) is 0 Å². The van der Waals surface area contributed by atoms with E-state index in [4.69, 9.17) is 0 Å². The summed E-state index contributed by atoms with van der Waals surface area (Å²) in [7, 11) is 0. The maximum atomic E-state index is 3.56. The number of hydrogen-bond acceptors (Lipinski definition) is 3. The van der Waals surface area contributed by atoms with Crippen LogP contribution in [0.2, 0.25) is 0 Å². The molecule has 1 N–H and O–H groups in total. The van der Waals surface area contributed by atoms with E-state index in [0.717, 1.165) is 23.9 Å². The monoisotopic (exact) mass is 237 g/mol. The van der Waals surface area contributed by atoms with Gasteiger partial charge in [-0.1, -0.05) is 6.92 Å². The highest BCUT2D eigenvalue weighted by atomic mass is 15.3. The first-order valence-corrected chi connectivity index (χ1v) is 7.48. The fourth-order valence-electron chi connectivity index (χ4n) is 4.25. The molecule has 3 rings (SSSR count). The normalized spacial score (nSPS) is 40.9. The summed E-state index contributed by atoms with van der Waals surface area (Å²) < 4.78 is 0. The minimum absolute atomic E-state index is 0.813. The van der Waals surface area contributed by atoms with E-state index in [2.05, 4.69) is 29.0 Å². The minimum atomic E-state index is 0.813. The Labute approximate surface area is 106 Å². The number of nitrogens with one attached hydrogen (secondary N) is 1. The number of likely N-dealkylation sites (tertiary alicyclic amines) is 2. The first-order valence-electron chi connectivity index (χ1n) is 7.48. The third-order valence-corrected chi connectivity index (χ3v) is 5.45. The molecule has 0 saturated carbocycles. The Morgan fingerprint density at radius 1 is 1.18 bits per heavy atom. The Balaban J connectivity index is 1.59. The van der Waals surface area contributed by atoms with Crippen LogP contribution in [0.5, 0.6) is 0 Å². The summed E-state index contributed by atoms with van der Waals surface area (Å²) in [6.45, 7) is 12.5. The van der Waals surface area contributed by atoms with Crippen LogP contribution < -0.4 is 5.32 Å². The second-order valence-corrected chi connectivity index (χ2v) is 6.19. The van der Waals surface area contributed by atoms with Crippen LogP contribution in [0.3, 0.4) is 0 Å². The fraction of sp³-hybridized carbons (Fsp3) is 1.00. The largest absolute Gasteiger partial charge is 0.316 e. The van der Waals surface area contributed by atoms with Gasteiger partial charge in [0.1, 0.15) is 0 Å². The van der Waals surface area contributed by atoms with Crippen LogP contribution in [-0.4, -0.2) is 61.2 Å². The molecule has 0 spiro atoms. The molecule has 0 aromatic carbocycles. The third-order valence-electron chi connectivity index (χ3n) is 5.45. The first-order chi connectivity index (χ1) is 8.29. The molecule has 3 atom stereocenters. The molecule has 3 aliphatic heterocycles. The maximum Gasteiger partial charge on any atom is 0.0123 e. The molecular weight excluding hydrogens is 210 g/mol. The number of hydrogen-bond donors (Lipinski definition) is 1. The van der Waals surface area contributed by atoms with Gasteiger partial charge in [0, 0.05) is 18.6 Å². The van der Waals surface area contributed by atoms with Gasteiger partial charge in [0.05, 0.1) is 0 Å². The third kappa shape index (κ3) is 2.13. The summed E-state index contributed by atoms with van der Waals surface area (Å²) in [5.74, 6) is 1.87. The maximum absolute atomic E-state index is 3.56. The average molecular weight is 237 g/mol. The van der Waals surface area contributed by atoms with Crippen molar-refractivity contribution < 1.29 is 0 Å². The molecule has 3 fully saturated rings. The Hall–Kier alpha value is -0.120. The second kappa shape index (κ2) is 4.87. The molecule has 3 nitrogen and oxygen atoms in total. The first kappa shape index (κ1) is 11.9. The van der Waals surface area contributed by atoms with Crippen LogP contribution in [-0.2, 0) is 0 Å². The van der Waals surface area contributed by atoms with Gasteiger partial charge in [-0.25, -0.2) is 0 Å². The molecule has 98 valence electrons. The van der Waals surface area contributed by atoms with Gasteiger partial charge in [0.25, 0.3) is 0 Å². The van der Waals surface area contributed by atoms with Crippen LogP contribution >= 0.6 is 0 Å². The van der Waals surface area contributed by atoms with Gasteiger partial charge in [-0.15, -0.1) is 0 Å². The smallest absolute Gasteiger partial charge is 0.0123 e. The van der Waals surface area contributed by atoms with Crippen molar-refractivity contribution in [3.63, 3.8) is 0 Å². The molecule has 0 amide bonds. The van der Waals surface area contributed by atoms with E-state index >= 15 is 0 Å². The molecule has 0 aliphatic carbocycles. The summed E-state index contributed by atoms with van der Waals surface area (Å²) in [5.41, 5.74) is 0. The molecule has 0 radical (unpaired) electrons. The molecule has 3 saturated heterocycles. The van der Waals surface area contributed by atoms with Gasteiger partial charge in [0.15, 0.2) is 0 Å². The van der Waals surface area contributed by atoms with Gasteiger partial charge in [-0.2, -0.15) is 0 Å². The van der Waals surface area contributed by atoms with E-state index in [1.807, 2.05) is 0 Å². The van der Waals surface area contributed by atoms with Crippen LogP contribution in [0, 0.1) is 11.8 Å². The Kier molecular flexibility index (Phi) is 3.42. The highest BCUT2D eigenvalue weighted by molar-refractivity contribution is 4.99. The van der Waals surface area contributed by atoms with Gasteiger partial charge >= 0.3 is 0 Å². The Morgan fingerprint density at radius 3 is 2.59 bits per heavy atom. The van der Waals surface area contributed by atoms with Crippen molar-refractivity contribution in [1.29, 1.82) is 0 Å². The second-order valence-electron chi connectivity index (χ2n) is 6.19. The molecule has 17 heavy (non-hydrogen) atoms. The zero-order valence-corrected chi connectivity index (χ0v) is 11.4. The number of fused-ring (bicyclic) bond motifs is 1. The lowest BCUT2D eigenvalue weighted by Gasteiger charge is -2.39. The van der Waals surface area contributed by atoms with Crippen molar-refractivity contribution in [3.8, 4) is 0 Å². The average Bonchev–Trinajstić information content (AvgIpc) is 2.93. The van der Waals surface area contributed by atoms with E-state index < -0.39 is 0 Å². The Bertz CT molecular complexity index is 260. The molecule has 3 unspecified atom stereocenters. The topological polar surface area (TPSA) is 18.5 Å². The number of piperidine rings is 1. The van der Waals surface area contributed by atoms with Crippen molar-refractivity contribution in [2.45, 2.75) is 38.8 Å². The van der Waals surface area contributed by atoms with Crippen molar-refractivity contribution in [2.24, 2.45) is 11.8 Å². The molecule has 0 aromatic rings.